The van der Waals surface area contributed by atoms with Crippen LogP contribution in [-0.2, 0) is 0 Å². The first kappa shape index (κ1) is 14.5. The van der Waals surface area contributed by atoms with Gasteiger partial charge in [-0.2, -0.15) is 0 Å². The van der Waals surface area contributed by atoms with Gasteiger partial charge in [0.1, 0.15) is 12.4 Å². The van der Waals surface area contributed by atoms with E-state index in [0.717, 1.165) is 15.9 Å². The lowest BCUT2D eigenvalue weighted by Gasteiger charge is -2.11. The van der Waals surface area contributed by atoms with E-state index in [1.54, 1.807) is 0 Å². The zero-order valence-electron chi connectivity index (χ0n) is 10.00. The van der Waals surface area contributed by atoms with Crippen molar-refractivity contribution in [1.29, 1.82) is 0 Å². The highest BCUT2D eigenvalue weighted by molar-refractivity contribution is 9.10. The van der Waals surface area contributed by atoms with E-state index in [1.807, 2.05) is 42.5 Å². The van der Waals surface area contributed by atoms with Crippen LogP contribution in [0.2, 0.25) is 10.0 Å². The Hall–Kier alpha value is -0.900. The molecule has 0 radical (unpaired) electrons. The van der Waals surface area contributed by atoms with Gasteiger partial charge >= 0.3 is 0 Å². The van der Waals surface area contributed by atoms with Gasteiger partial charge in [0.2, 0.25) is 0 Å². The van der Waals surface area contributed by atoms with E-state index in [1.165, 1.54) is 0 Å². The molecule has 0 aliphatic rings. The molecule has 0 aromatic heterocycles. The Balaban J connectivity index is 1.85. The van der Waals surface area contributed by atoms with Crippen molar-refractivity contribution < 1.29 is 4.74 Å². The molecule has 0 bridgehead atoms. The van der Waals surface area contributed by atoms with Gasteiger partial charge in [-0.15, -0.1) is 0 Å². The molecule has 2 aromatic rings. The predicted molar refractivity (Wildman–Crippen MR) is 84.6 cm³/mol. The third-order valence-electron chi connectivity index (χ3n) is 2.46. The Morgan fingerprint density at radius 3 is 2.47 bits per heavy atom. The van der Waals surface area contributed by atoms with Crippen LogP contribution in [0.1, 0.15) is 0 Å². The SMILES string of the molecule is Clc1c(Br)ccc(NCCOc2ccccc2)c1Cl. The first-order valence-electron chi connectivity index (χ1n) is 5.73. The molecule has 2 aromatic carbocycles. The van der Waals surface area contributed by atoms with Crippen LogP contribution in [0, 0.1) is 0 Å². The molecule has 0 aliphatic heterocycles. The zero-order chi connectivity index (χ0) is 13.7. The van der Waals surface area contributed by atoms with Crippen LogP contribution >= 0.6 is 39.1 Å². The summed E-state index contributed by atoms with van der Waals surface area (Å²) in [5.41, 5.74) is 0.798. The summed E-state index contributed by atoms with van der Waals surface area (Å²) in [6, 6.07) is 13.4. The first-order chi connectivity index (χ1) is 9.18. The van der Waals surface area contributed by atoms with E-state index >= 15 is 0 Å². The van der Waals surface area contributed by atoms with Gasteiger partial charge in [-0.3, -0.25) is 0 Å². The standard InChI is InChI=1S/C14H12BrCl2NO/c15-11-6-7-12(14(17)13(11)16)18-8-9-19-10-4-2-1-3-5-10/h1-7,18H,8-9H2. The van der Waals surface area contributed by atoms with Gasteiger partial charge in [0.05, 0.1) is 15.7 Å². The number of nitrogens with one attached hydrogen (secondary N) is 1. The highest BCUT2D eigenvalue weighted by Crippen LogP contribution is 2.35. The molecule has 0 heterocycles. The van der Waals surface area contributed by atoms with Crippen LogP contribution in [0.15, 0.2) is 46.9 Å². The monoisotopic (exact) mass is 359 g/mol. The fraction of sp³-hybridized carbons (Fsp3) is 0.143. The van der Waals surface area contributed by atoms with Crippen molar-refractivity contribution >= 4 is 44.8 Å². The Morgan fingerprint density at radius 2 is 1.74 bits per heavy atom. The van der Waals surface area contributed by atoms with Crippen LogP contribution in [0.25, 0.3) is 0 Å². The molecular formula is C14H12BrCl2NO. The minimum absolute atomic E-state index is 0.510. The highest BCUT2D eigenvalue weighted by Gasteiger charge is 2.07. The Kier molecular flexibility index (Phi) is 5.37. The molecule has 2 nitrogen and oxygen atoms in total. The average molecular weight is 361 g/mol. The van der Waals surface area contributed by atoms with Crippen LogP contribution in [0.3, 0.4) is 0 Å². The minimum Gasteiger partial charge on any atom is -0.492 e. The molecule has 0 unspecified atom stereocenters. The summed E-state index contributed by atoms with van der Waals surface area (Å²) in [4.78, 5) is 0. The third-order valence-corrected chi connectivity index (χ3v) is 4.24. The molecule has 0 fully saturated rings. The van der Waals surface area contributed by atoms with Gasteiger partial charge in [0, 0.05) is 11.0 Å². The van der Waals surface area contributed by atoms with Crippen molar-refractivity contribution in [3.8, 4) is 5.75 Å². The zero-order valence-corrected chi connectivity index (χ0v) is 13.1. The topological polar surface area (TPSA) is 21.3 Å². The average Bonchev–Trinajstić information content (AvgIpc) is 2.44. The van der Waals surface area contributed by atoms with E-state index in [0.29, 0.717) is 23.2 Å². The van der Waals surface area contributed by atoms with Crippen molar-refractivity contribution in [1.82, 2.24) is 0 Å². The number of halogens is 3. The summed E-state index contributed by atoms with van der Waals surface area (Å²) in [6.45, 7) is 1.20. The number of para-hydroxylation sites is 1. The highest BCUT2D eigenvalue weighted by atomic mass is 79.9. The van der Waals surface area contributed by atoms with E-state index in [2.05, 4.69) is 21.2 Å². The summed E-state index contributed by atoms with van der Waals surface area (Å²) in [5.74, 6) is 0.851. The number of benzene rings is 2. The Morgan fingerprint density at radius 1 is 1.00 bits per heavy atom. The summed E-state index contributed by atoms with van der Waals surface area (Å²) < 4.78 is 6.36. The number of hydrogen-bond acceptors (Lipinski definition) is 2. The first-order valence-corrected chi connectivity index (χ1v) is 7.28. The van der Waals surface area contributed by atoms with Crippen molar-refractivity contribution in [3.63, 3.8) is 0 Å². The summed E-state index contributed by atoms with van der Waals surface area (Å²) >= 11 is 15.5. The normalized spacial score (nSPS) is 10.3. The van der Waals surface area contributed by atoms with E-state index in [-0.39, 0.29) is 0 Å². The molecule has 0 saturated carbocycles. The maximum atomic E-state index is 6.13. The van der Waals surface area contributed by atoms with Crippen LogP contribution in [0.4, 0.5) is 5.69 Å². The summed E-state index contributed by atoms with van der Waals surface area (Å²) in [5, 5.41) is 4.21. The molecule has 5 heteroatoms. The number of anilines is 1. The molecule has 100 valence electrons. The molecule has 19 heavy (non-hydrogen) atoms. The Labute approximate surface area is 130 Å². The van der Waals surface area contributed by atoms with Gasteiger partial charge in [-0.1, -0.05) is 41.4 Å². The number of ether oxygens (including phenoxy) is 1. The van der Waals surface area contributed by atoms with Crippen molar-refractivity contribution in [2.45, 2.75) is 0 Å². The molecule has 0 aliphatic carbocycles. The van der Waals surface area contributed by atoms with E-state index in [4.69, 9.17) is 27.9 Å². The molecule has 0 amide bonds. The fourth-order valence-corrected chi connectivity index (χ4v) is 2.37. The van der Waals surface area contributed by atoms with E-state index < -0.39 is 0 Å². The maximum Gasteiger partial charge on any atom is 0.119 e. The van der Waals surface area contributed by atoms with Gasteiger partial charge in [-0.05, 0) is 40.2 Å². The van der Waals surface area contributed by atoms with Gasteiger partial charge in [0.25, 0.3) is 0 Å². The largest absolute Gasteiger partial charge is 0.492 e. The smallest absolute Gasteiger partial charge is 0.119 e. The number of rotatable bonds is 5. The summed E-state index contributed by atoms with van der Waals surface area (Å²) in [6.07, 6.45) is 0. The lowest BCUT2D eigenvalue weighted by molar-refractivity contribution is 0.333. The lowest BCUT2D eigenvalue weighted by Crippen LogP contribution is -2.11. The maximum absolute atomic E-state index is 6.13. The van der Waals surface area contributed by atoms with Crippen LogP contribution < -0.4 is 10.1 Å². The summed E-state index contributed by atoms with van der Waals surface area (Å²) in [7, 11) is 0. The molecule has 1 N–H and O–H groups in total. The molecular weight excluding hydrogens is 349 g/mol. The second-order valence-electron chi connectivity index (χ2n) is 3.81. The lowest BCUT2D eigenvalue weighted by atomic mass is 10.3. The second kappa shape index (κ2) is 7.04. The molecule has 2 rings (SSSR count). The van der Waals surface area contributed by atoms with Crippen molar-refractivity contribution in [2.75, 3.05) is 18.5 Å². The van der Waals surface area contributed by atoms with Crippen molar-refractivity contribution in [3.05, 3.63) is 57.0 Å². The predicted octanol–water partition coefficient (Wildman–Crippen LogP) is 5.25. The van der Waals surface area contributed by atoms with Gasteiger partial charge in [0.15, 0.2) is 0 Å². The van der Waals surface area contributed by atoms with Gasteiger partial charge in [-0.25, -0.2) is 0 Å². The van der Waals surface area contributed by atoms with Crippen molar-refractivity contribution in [2.24, 2.45) is 0 Å². The van der Waals surface area contributed by atoms with E-state index in [9.17, 15) is 0 Å². The molecule has 0 saturated heterocycles. The third kappa shape index (κ3) is 4.03. The fourth-order valence-electron chi connectivity index (χ4n) is 1.53. The van der Waals surface area contributed by atoms with Gasteiger partial charge < -0.3 is 10.1 Å². The number of hydrogen-bond donors (Lipinski definition) is 1. The second-order valence-corrected chi connectivity index (χ2v) is 5.42. The molecule has 0 atom stereocenters. The van der Waals surface area contributed by atoms with Crippen LogP contribution in [-0.4, -0.2) is 13.2 Å². The Bertz CT molecular complexity index is 549. The quantitative estimate of drug-likeness (QED) is 0.581. The van der Waals surface area contributed by atoms with Crippen LogP contribution in [0.5, 0.6) is 5.75 Å². The molecule has 0 spiro atoms. The minimum atomic E-state index is 0.510.